The van der Waals surface area contributed by atoms with E-state index in [-0.39, 0.29) is 6.10 Å². The van der Waals surface area contributed by atoms with Crippen LogP contribution >= 0.6 is 0 Å². The molecule has 3 heteroatoms. The van der Waals surface area contributed by atoms with E-state index in [1.165, 1.54) is 5.56 Å². The van der Waals surface area contributed by atoms with E-state index in [9.17, 15) is 0 Å². The molecule has 1 unspecified atom stereocenters. The highest BCUT2D eigenvalue weighted by Crippen LogP contribution is 2.17. The van der Waals surface area contributed by atoms with Crippen molar-refractivity contribution in [2.75, 3.05) is 0 Å². The second-order valence-corrected chi connectivity index (χ2v) is 6.11. The predicted molar refractivity (Wildman–Crippen MR) is 79.1 cm³/mol. The fourth-order valence-electron chi connectivity index (χ4n) is 2.09. The van der Waals surface area contributed by atoms with Crippen molar-refractivity contribution in [3.63, 3.8) is 0 Å². The number of nitrogens with one attached hydrogen (secondary N) is 1. The minimum atomic E-state index is 0.280. The van der Waals surface area contributed by atoms with E-state index in [0.29, 0.717) is 18.6 Å². The molecule has 1 heterocycles. The van der Waals surface area contributed by atoms with Gasteiger partial charge in [-0.3, -0.25) is 0 Å². The molecule has 1 aromatic heterocycles. The summed E-state index contributed by atoms with van der Waals surface area (Å²) in [5.74, 6) is 2.61. The van der Waals surface area contributed by atoms with Crippen molar-refractivity contribution in [2.45, 2.75) is 73.3 Å². The summed E-state index contributed by atoms with van der Waals surface area (Å²) in [7, 11) is 0. The zero-order valence-corrected chi connectivity index (χ0v) is 13.2. The van der Waals surface area contributed by atoms with Crippen molar-refractivity contribution < 1.29 is 9.15 Å². The van der Waals surface area contributed by atoms with Gasteiger partial charge in [0.2, 0.25) is 0 Å². The maximum atomic E-state index is 5.83. The van der Waals surface area contributed by atoms with Crippen molar-refractivity contribution in [2.24, 2.45) is 5.92 Å². The van der Waals surface area contributed by atoms with Crippen LogP contribution in [0.4, 0.5) is 0 Å². The molecule has 1 rings (SSSR count). The third-order valence-electron chi connectivity index (χ3n) is 3.06. The second-order valence-electron chi connectivity index (χ2n) is 6.11. The van der Waals surface area contributed by atoms with Gasteiger partial charge in [-0.05, 0) is 37.8 Å². The van der Waals surface area contributed by atoms with Crippen molar-refractivity contribution in [1.82, 2.24) is 5.32 Å². The van der Waals surface area contributed by atoms with Crippen LogP contribution in [0.3, 0.4) is 0 Å². The molecule has 0 aliphatic rings. The van der Waals surface area contributed by atoms with Gasteiger partial charge >= 0.3 is 0 Å². The molecule has 3 nitrogen and oxygen atoms in total. The van der Waals surface area contributed by atoms with Crippen LogP contribution in [-0.2, 0) is 17.9 Å². The Kier molecular flexibility index (Phi) is 6.59. The van der Waals surface area contributed by atoms with Gasteiger partial charge in [-0.2, -0.15) is 0 Å². The van der Waals surface area contributed by atoms with Crippen LogP contribution in [0.2, 0.25) is 0 Å². The molecule has 0 aromatic carbocycles. The zero-order chi connectivity index (χ0) is 14.4. The van der Waals surface area contributed by atoms with Gasteiger partial charge in [-0.1, -0.05) is 27.7 Å². The summed E-state index contributed by atoms with van der Waals surface area (Å²) in [5, 5.41) is 3.37. The molecule has 0 spiro atoms. The molecule has 0 radical (unpaired) electrons. The Balaban J connectivity index is 2.44. The van der Waals surface area contributed by atoms with E-state index in [1.807, 2.05) is 0 Å². The Morgan fingerprint density at radius 2 is 1.89 bits per heavy atom. The molecule has 0 fully saturated rings. The largest absolute Gasteiger partial charge is 0.462 e. The Morgan fingerprint density at radius 3 is 2.47 bits per heavy atom. The molecule has 0 amide bonds. The van der Waals surface area contributed by atoms with Crippen LogP contribution in [0.25, 0.3) is 0 Å². The first-order valence-corrected chi connectivity index (χ1v) is 7.31. The molecule has 1 atom stereocenters. The Labute approximate surface area is 117 Å². The van der Waals surface area contributed by atoms with Crippen LogP contribution in [0.1, 0.15) is 58.1 Å². The summed E-state index contributed by atoms with van der Waals surface area (Å²) in [6.45, 7) is 14.3. The van der Waals surface area contributed by atoms with Crippen LogP contribution in [-0.4, -0.2) is 12.1 Å². The number of rotatable bonds is 8. The van der Waals surface area contributed by atoms with E-state index in [4.69, 9.17) is 9.15 Å². The van der Waals surface area contributed by atoms with Crippen LogP contribution in [0.15, 0.2) is 10.5 Å². The lowest BCUT2D eigenvalue weighted by Gasteiger charge is -2.14. The maximum Gasteiger partial charge on any atom is 0.130 e. The zero-order valence-electron chi connectivity index (χ0n) is 13.2. The highest BCUT2D eigenvalue weighted by Gasteiger charge is 2.10. The van der Waals surface area contributed by atoms with E-state index in [2.05, 4.69) is 52.9 Å². The molecule has 19 heavy (non-hydrogen) atoms. The number of furan rings is 1. The van der Waals surface area contributed by atoms with Crippen LogP contribution in [0.5, 0.6) is 0 Å². The molecule has 1 aromatic rings. The fraction of sp³-hybridized carbons (Fsp3) is 0.750. The van der Waals surface area contributed by atoms with E-state index in [0.717, 1.165) is 24.5 Å². The highest BCUT2D eigenvalue weighted by atomic mass is 16.5. The van der Waals surface area contributed by atoms with Crippen molar-refractivity contribution >= 4 is 0 Å². The van der Waals surface area contributed by atoms with Gasteiger partial charge < -0.3 is 14.5 Å². The average molecular weight is 267 g/mol. The minimum absolute atomic E-state index is 0.280. The van der Waals surface area contributed by atoms with Gasteiger partial charge in [0.15, 0.2) is 0 Å². The smallest absolute Gasteiger partial charge is 0.130 e. The van der Waals surface area contributed by atoms with Crippen LogP contribution in [0, 0.1) is 12.8 Å². The molecular weight excluding hydrogens is 238 g/mol. The van der Waals surface area contributed by atoms with Crippen molar-refractivity contribution in [3.8, 4) is 0 Å². The molecule has 110 valence electrons. The fourth-order valence-corrected chi connectivity index (χ4v) is 2.09. The SMILES string of the molecule is Cc1cc(COC(C)CC(C)C)oc1CNC(C)C. The summed E-state index contributed by atoms with van der Waals surface area (Å²) in [6.07, 6.45) is 1.37. The predicted octanol–water partition coefficient (Wildman–Crippen LogP) is 4.04. The first-order valence-electron chi connectivity index (χ1n) is 7.31. The van der Waals surface area contributed by atoms with Gasteiger partial charge in [0.05, 0.1) is 12.6 Å². The molecule has 0 bridgehead atoms. The monoisotopic (exact) mass is 267 g/mol. The Hall–Kier alpha value is -0.800. The number of hydrogen-bond donors (Lipinski definition) is 1. The lowest BCUT2D eigenvalue weighted by Crippen LogP contribution is -2.21. The summed E-state index contributed by atoms with van der Waals surface area (Å²) in [6, 6.07) is 2.55. The molecule has 0 saturated carbocycles. The summed E-state index contributed by atoms with van der Waals surface area (Å²) in [4.78, 5) is 0. The Bertz CT molecular complexity index is 369. The molecule has 0 aliphatic carbocycles. The van der Waals surface area contributed by atoms with Gasteiger partial charge in [-0.15, -0.1) is 0 Å². The molecule has 0 aliphatic heterocycles. The standard InChI is InChI=1S/C16H29NO2/c1-11(2)7-14(6)18-10-15-8-13(5)16(19-15)9-17-12(3)4/h8,11-12,14,17H,7,9-10H2,1-6H3. The van der Waals surface area contributed by atoms with Gasteiger partial charge in [0.1, 0.15) is 18.1 Å². The average Bonchev–Trinajstić information content (AvgIpc) is 2.64. The van der Waals surface area contributed by atoms with Crippen molar-refractivity contribution in [1.29, 1.82) is 0 Å². The first-order chi connectivity index (χ1) is 8.88. The molecule has 0 saturated heterocycles. The van der Waals surface area contributed by atoms with E-state index in [1.54, 1.807) is 0 Å². The summed E-state index contributed by atoms with van der Waals surface area (Å²) >= 11 is 0. The normalized spacial score (nSPS) is 13.5. The van der Waals surface area contributed by atoms with Crippen molar-refractivity contribution in [3.05, 3.63) is 23.2 Å². The third-order valence-corrected chi connectivity index (χ3v) is 3.06. The number of aryl methyl sites for hydroxylation is 1. The quantitative estimate of drug-likeness (QED) is 0.772. The first kappa shape index (κ1) is 16.3. The summed E-state index contributed by atoms with van der Waals surface area (Å²) < 4.78 is 11.7. The maximum absolute atomic E-state index is 5.83. The summed E-state index contributed by atoms with van der Waals surface area (Å²) in [5.41, 5.74) is 1.20. The number of ether oxygens (including phenoxy) is 1. The topological polar surface area (TPSA) is 34.4 Å². The van der Waals surface area contributed by atoms with E-state index < -0.39 is 0 Å². The van der Waals surface area contributed by atoms with Gasteiger partial charge in [-0.25, -0.2) is 0 Å². The van der Waals surface area contributed by atoms with Crippen LogP contribution < -0.4 is 5.32 Å². The van der Waals surface area contributed by atoms with Gasteiger partial charge in [0.25, 0.3) is 0 Å². The molecule has 1 N–H and O–H groups in total. The third kappa shape index (κ3) is 6.26. The second kappa shape index (κ2) is 7.71. The Morgan fingerprint density at radius 1 is 1.21 bits per heavy atom. The lowest BCUT2D eigenvalue weighted by atomic mass is 10.1. The lowest BCUT2D eigenvalue weighted by molar-refractivity contribution is 0.0298. The van der Waals surface area contributed by atoms with Gasteiger partial charge in [0, 0.05) is 6.04 Å². The highest BCUT2D eigenvalue weighted by molar-refractivity contribution is 5.19. The molecular formula is C16H29NO2. The van der Waals surface area contributed by atoms with E-state index >= 15 is 0 Å². The minimum Gasteiger partial charge on any atom is -0.462 e. The number of hydrogen-bond acceptors (Lipinski definition) is 3.